The molecule has 0 atom stereocenters. The molecule has 1 N–H and O–H groups in total. The van der Waals surface area contributed by atoms with Crippen LogP contribution in [0.5, 0.6) is 0 Å². The molecule has 0 spiro atoms. The van der Waals surface area contributed by atoms with Crippen LogP contribution in [0.2, 0.25) is 0 Å². The van der Waals surface area contributed by atoms with Gasteiger partial charge in [-0.25, -0.2) is 23.0 Å². The summed E-state index contributed by atoms with van der Waals surface area (Å²) in [6.07, 6.45) is -0.521. The predicted molar refractivity (Wildman–Crippen MR) is 136 cm³/mol. The van der Waals surface area contributed by atoms with Crippen LogP contribution in [0.4, 0.5) is 9.93 Å². The molecule has 0 unspecified atom stereocenters. The third-order valence-electron chi connectivity index (χ3n) is 4.37. The van der Waals surface area contributed by atoms with Crippen molar-refractivity contribution in [2.75, 3.05) is 11.6 Å². The van der Waals surface area contributed by atoms with Crippen molar-refractivity contribution in [1.29, 1.82) is 0 Å². The van der Waals surface area contributed by atoms with Crippen LogP contribution in [0, 0.1) is 0 Å². The lowest BCUT2D eigenvalue weighted by molar-refractivity contribution is -0.140. The van der Waals surface area contributed by atoms with Gasteiger partial charge < -0.3 is 9.47 Å². The van der Waals surface area contributed by atoms with E-state index in [-0.39, 0.29) is 16.4 Å². The summed E-state index contributed by atoms with van der Waals surface area (Å²) in [4.78, 5) is 29.6. The first kappa shape index (κ1) is 26.1. The van der Waals surface area contributed by atoms with Crippen molar-refractivity contribution < 1.29 is 27.5 Å². The van der Waals surface area contributed by atoms with Crippen molar-refractivity contribution >= 4 is 43.9 Å². The number of aromatic nitrogens is 1. The molecule has 0 aliphatic carbocycles. The average Bonchev–Trinajstić information content (AvgIpc) is 3.23. The van der Waals surface area contributed by atoms with Crippen molar-refractivity contribution in [3.05, 3.63) is 88.3 Å². The van der Waals surface area contributed by atoms with Gasteiger partial charge in [0.25, 0.3) is 0 Å². The number of hydrogen-bond donors (Lipinski definition) is 1. The maximum atomic E-state index is 13.3. The SMILES string of the molecule is CC(C)(C)OC(=O)Nc1nc(C(=CS(C)(=O)=O)C(=O)OC(c2ccccc2)c2ccccc2)cs1. The number of amides is 1. The van der Waals surface area contributed by atoms with E-state index >= 15 is 0 Å². The standard InChI is InChI=1S/C25H26N2O6S2/c1-25(2,3)33-24(29)27-23-26-20(15-34-23)19(16-35(4,30)31)22(28)32-21(17-11-7-5-8-12-17)18-13-9-6-10-14-18/h5-16,21H,1-4H3,(H,26,27,29). The number of rotatable bonds is 7. The molecular formula is C25H26N2O6S2. The third-order valence-corrected chi connectivity index (χ3v) is 5.79. The van der Waals surface area contributed by atoms with Crippen molar-refractivity contribution in [3.8, 4) is 0 Å². The van der Waals surface area contributed by atoms with Crippen molar-refractivity contribution in [2.24, 2.45) is 0 Å². The minimum absolute atomic E-state index is 0.0522. The lowest BCUT2D eigenvalue weighted by Crippen LogP contribution is -2.27. The summed E-state index contributed by atoms with van der Waals surface area (Å²) >= 11 is 1.02. The molecular weight excluding hydrogens is 488 g/mol. The Bertz CT molecular complexity index is 1270. The van der Waals surface area contributed by atoms with Crippen molar-refractivity contribution in [3.63, 3.8) is 0 Å². The highest BCUT2D eigenvalue weighted by molar-refractivity contribution is 7.93. The zero-order chi connectivity index (χ0) is 25.6. The Balaban J connectivity index is 1.92. The fourth-order valence-corrected chi connectivity index (χ4v) is 4.37. The Morgan fingerprint density at radius 1 is 1.00 bits per heavy atom. The zero-order valence-corrected chi connectivity index (χ0v) is 21.4. The van der Waals surface area contributed by atoms with Gasteiger partial charge in [-0.15, -0.1) is 11.3 Å². The first-order valence-corrected chi connectivity index (χ1v) is 13.4. The molecule has 0 aliphatic heterocycles. The van der Waals surface area contributed by atoms with E-state index in [0.29, 0.717) is 0 Å². The Morgan fingerprint density at radius 3 is 2.03 bits per heavy atom. The number of anilines is 1. The molecule has 0 aliphatic rings. The molecule has 0 fully saturated rings. The molecule has 2 aromatic carbocycles. The summed E-state index contributed by atoms with van der Waals surface area (Å²) in [6.45, 7) is 5.16. The summed E-state index contributed by atoms with van der Waals surface area (Å²) in [5, 5.41) is 4.91. The maximum Gasteiger partial charge on any atom is 0.413 e. The van der Waals surface area contributed by atoms with Crippen LogP contribution < -0.4 is 5.32 Å². The largest absolute Gasteiger partial charge is 0.449 e. The number of carbonyl (C=O) groups excluding carboxylic acids is 2. The summed E-state index contributed by atoms with van der Waals surface area (Å²) in [5.41, 5.74) is 0.529. The molecule has 0 saturated carbocycles. The summed E-state index contributed by atoms with van der Waals surface area (Å²) < 4.78 is 35.2. The number of sulfone groups is 1. The molecule has 184 valence electrons. The van der Waals surface area contributed by atoms with E-state index in [1.165, 1.54) is 5.38 Å². The van der Waals surface area contributed by atoms with E-state index in [9.17, 15) is 18.0 Å². The normalized spacial score (nSPS) is 12.3. The van der Waals surface area contributed by atoms with Crippen molar-refractivity contribution in [1.82, 2.24) is 4.98 Å². The van der Waals surface area contributed by atoms with Gasteiger partial charge in [0.2, 0.25) is 0 Å². The molecule has 8 nitrogen and oxygen atoms in total. The van der Waals surface area contributed by atoms with Gasteiger partial charge >= 0.3 is 12.1 Å². The predicted octanol–water partition coefficient (Wildman–Crippen LogP) is 5.21. The smallest absolute Gasteiger partial charge is 0.413 e. The van der Waals surface area contributed by atoms with Gasteiger partial charge in [-0.1, -0.05) is 60.7 Å². The Kier molecular flexibility index (Phi) is 8.08. The Morgan fingerprint density at radius 2 is 1.54 bits per heavy atom. The van der Waals surface area contributed by atoms with Gasteiger partial charge in [0.05, 0.1) is 11.3 Å². The molecule has 3 aromatic rings. The molecule has 10 heteroatoms. The summed E-state index contributed by atoms with van der Waals surface area (Å²) in [7, 11) is -3.73. The van der Waals surface area contributed by atoms with Crippen LogP contribution in [-0.4, -0.2) is 37.3 Å². The number of nitrogens with zero attached hydrogens (tertiary/aromatic N) is 1. The first-order chi connectivity index (χ1) is 16.4. The Labute approximate surface area is 208 Å². The molecule has 0 bridgehead atoms. The quantitative estimate of drug-likeness (QED) is 0.340. The number of ether oxygens (including phenoxy) is 2. The molecule has 1 amide bonds. The van der Waals surface area contributed by atoms with Crippen LogP contribution in [0.25, 0.3) is 5.57 Å². The van der Waals surface area contributed by atoms with Gasteiger partial charge in [-0.3, -0.25) is 5.32 Å². The molecule has 0 saturated heterocycles. The van der Waals surface area contributed by atoms with Gasteiger partial charge in [0.1, 0.15) is 5.60 Å². The fourth-order valence-electron chi connectivity index (χ4n) is 3.03. The first-order valence-electron chi connectivity index (χ1n) is 10.6. The second-order valence-corrected chi connectivity index (χ2v) is 11.4. The van der Waals surface area contributed by atoms with E-state index < -0.39 is 33.6 Å². The van der Waals surface area contributed by atoms with Gasteiger partial charge in [0, 0.05) is 17.0 Å². The molecule has 1 heterocycles. The summed E-state index contributed by atoms with van der Waals surface area (Å²) in [6, 6.07) is 18.2. The lowest BCUT2D eigenvalue weighted by atomic mass is 10.0. The fraction of sp³-hybridized carbons (Fsp3) is 0.240. The second-order valence-electron chi connectivity index (χ2n) is 8.63. The minimum atomic E-state index is -3.73. The van der Waals surface area contributed by atoms with Crippen LogP contribution in [-0.2, 0) is 24.1 Å². The average molecular weight is 515 g/mol. The highest BCUT2D eigenvalue weighted by Gasteiger charge is 2.26. The van der Waals surface area contributed by atoms with Crippen molar-refractivity contribution in [2.45, 2.75) is 32.5 Å². The maximum absolute atomic E-state index is 13.3. The van der Waals surface area contributed by atoms with Crippen LogP contribution in [0.3, 0.4) is 0 Å². The minimum Gasteiger partial charge on any atom is -0.449 e. The van der Waals surface area contributed by atoms with Gasteiger partial charge in [-0.05, 0) is 31.9 Å². The van der Waals surface area contributed by atoms with E-state index in [1.54, 1.807) is 20.8 Å². The zero-order valence-electron chi connectivity index (χ0n) is 19.7. The van der Waals surface area contributed by atoms with Gasteiger partial charge in [-0.2, -0.15) is 0 Å². The highest BCUT2D eigenvalue weighted by atomic mass is 32.2. The second kappa shape index (κ2) is 10.8. The number of hydrogen-bond acceptors (Lipinski definition) is 8. The molecule has 35 heavy (non-hydrogen) atoms. The Hall–Kier alpha value is -3.50. The van der Waals surface area contributed by atoms with E-state index in [4.69, 9.17) is 9.47 Å². The topological polar surface area (TPSA) is 112 Å². The van der Waals surface area contributed by atoms with Crippen LogP contribution in [0.1, 0.15) is 43.7 Å². The number of benzene rings is 2. The van der Waals surface area contributed by atoms with Gasteiger partial charge in [0.15, 0.2) is 21.1 Å². The molecule has 3 rings (SSSR count). The number of nitrogens with one attached hydrogen (secondary N) is 1. The molecule has 1 aromatic heterocycles. The third kappa shape index (κ3) is 8.04. The van der Waals surface area contributed by atoms with E-state index in [2.05, 4.69) is 10.3 Å². The van der Waals surface area contributed by atoms with Crippen LogP contribution in [0.15, 0.2) is 71.5 Å². The monoisotopic (exact) mass is 514 g/mol. The van der Waals surface area contributed by atoms with Crippen LogP contribution >= 0.6 is 11.3 Å². The lowest BCUT2D eigenvalue weighted by Gasteiger charge is -2.19. The number of esters is 1. The number of carbonyl (C=O) groups is 2. The van der Waals surface area contributed by atoms with E-state index in [1.807, 2.05) is 60.7 Å². The number of thiazole rings is 1. The molecule has 0 radical (unpaired) electrons. The van der Waals surface area contributed by atoms with E-state index in [0.717, 1.165) is 34.1 Å². The highest BCUT2D eigenvalue weighted by Crippen LogP contribution is 2.30. The summed E-state index contributed by atoms with van der Waals surface area (Å²) in [5.74, 6) is -0.873.